The van der Waals surface area contributed by atoms with Crippen molar-refractivity contribution in [1.82, 2.24) is 0 Å². The standard InChI is InChI=1S/C23H20O9/c1-10(24)32-21-13-6-16-15(28-8-29-16)5-12(13)19(20-14(21)7-27-23(20)25)11-3-17(26-2)22-18(4-11)30-9-31-22/h3-6,14,19-21H,7-9H2,1-2H3/t14-,19-,20+,21+/m1/s1. The summed E-state index contributed by atoms with van der Waals surface area (Å²) in [4.78, 5) is 24.9. The lowest BCUT2D eigenvalue weighted by Gasteiger charge is -2.38. The maximum absolute atomic E-state index is 12.9. The first kappa shape index (κ1) is 19.1. The Labute approximate surface area is 183 Å². The molecule has 3 heterocycles. The van der Waals surface area contributed by atoms with E-state index in [2.05, 4.69) is 0 Å². The van der Waals surface area contributed by atoms with Gasteiger partial charge in [-0.25, -0.2) is 0 Å². The number of esters is 2. The highest BCUT2D eigenvalue weighted by atomic mass is 16.7. The van der Waals surface area contributed by atoms with E-state index in [0.717, 1.165) is 16.7 Å². The summed E-state index contributed by atoms with van der Waals surface area (Å²) in [6.07, 6.45) is -0.638. The molecule has 1 aliphatic carbocycles. The molecule has 0 unspecified atom stereocenters. The first-order valence-corrected chi connectivity index (χ1v) is 10.3. The molecule has 1 saturated heterocycles. The van der Waals surface area contributed by atoms with Crippen LogP contribution < -0.4 is 23.7 Å². The summed E-state index contributed by atoms with van der Waals surface area (Å²) in [6, 6.07) is 7.40. The van der Waals surface area contributed by atoms with Gasteiger partial charge in [0.2, 0.25) is 19.3 Å². The number of ether oxygens (including phenoxy) is 7. The van der Waals surface area contributed by atoms with Crippen molar-refractivity contribution in [2.24, 2.45) is 11.8 Å². The zero-order chi connectivity index (χ0) is 22.0. The van der Waals surface area contributed by atoms with Gasteiger partial charge in [-0.05, 0) is 35.4 Å². The fraction of sp³-hybridized carbons (Fsp3) is 0.391. The Kier molecular flexibility index (Phi) is 4.14. The first-order chi connectivity index (χ1) is 15.5. The highest BCUT2D eigenvalue weighted by Gasteiger charge is 2.54. The summed E-state index contributed by atoms with van der Waals surface area (Å²) in [5.41, 5.74) is 2.38. The van der Waals surface area contributed by atoms with E-state index in [9.17, 15) is 9.59 Å². The van der Waals surface area contributed by atoms with Crippen molar-refractivity contribution in [1.29, 1.82) is 0 Å². The van der Waals surface area contributed by atoms with Crippen LogP contribution in [0.5, 0.6) is 28.7 Å². The van der Waals surface area contributed by atoms with Gasteiger partial charge in [0.05, 0.1) is 19.6 Å². The number of hydrogen-bond donors (Lipinski definition) is 0. The average molecular weight is 440 g/mol. The molecule has 9 nitrogen and oxygen atoms in total. The van der Waals surface area contributed by atoms with Gasteiger partial charge in [0.1, 0.15) is 6.10 Å². The lowest BCUT2D eigenvalue weighted by atomic mass is 9.66. The number of methoxy groups -OCH3 is 1. The molecule has 0 spiro atoms. The molecule has 4 atom stereocenters. The highest BCUT2D eigenvalue weighted by Crippen LogP contribution is 2.56. The molecule has 0 N–H and O–H groups in total. The molecule has 9 heteroatoms. The molecule has 4 aliphatic rings. The molecule has 0 aromatic heterocycles. The van der Waals surface area contributed by atoms with Crippen LogP contribution in [0.15, 0.2) is 24.3 Å². The Morgan fingerprint density at radius 2 is 1.66 bits per heavy atom. The fourth-order valence-electron chi connectivity index (χ4n) is 5.17. The summed E-state index contributed by atoms with van der Waals surface area (Å²) in [6.45, 7) is 1.72. The van der Waals surface area contributed by atoms with Crippen LogP contribution in [0.3, 0.4) is 0 Å². The molecular weight excluding hydrogens is 420 g/mol. The molecule has 3 aliphatic heterocycles. The Bertz CT molecular complexity index is 1140. The fourth-order valence-corrected chi connectivity index (χ4v) is 5.17. The molecule has 2 aromatic carbocycles. The van der Waals surface area contributed by atoms with E-state index in [1.165, 1.54) is 6.92 Å². The third-order valence-corrected chi connectivity index (χ3v) is 6.45. The first-order valence-electron chi connectivity index (χ1n) is 10.3. The van der Waals surface area contributed by atoms with Gasteiger partial charge >= 0.3 is 11.9 Å². The Morgan fingerprint density at radius 1 is 0.938 bits per heavy atom. The smallest absolute Gasteiger partial charge is 0.310 e. The molecule has 6 rings (SSSR count). The molecule has 0 radical (unpaired) electrons. The van der Waals surface area contributed by atoms with Gasteiger partial charge in [0.15, 0.2) is 23.0 Å². The van der Waals surface area contributed by atoms with E-state index >= 15 is 0 Å². The van der Waals surface area contributed by atoms with Crippen LogP contribution in [-0.4, -0.2) is 39.2 Å². The summed E-state index contributed by atoms with van der Waals surface area (Å²) in [5, 5.41) is 0. The van der Waals surface area contributed by atoms with Gasteiger partial charge < -0.3 is 33.2 Å². The second-order valence-electron chi connectivity index (χ2n) is 8.12. The molecule has 1 fully saturated rings. The Balaban J connectivity index is 1.58. The van der Waals surface area contributed by atoms with Gasteiger partial charge in [-0.3, -0.25) is 9.59 Å². The number of carbonyl (C=O) groups is 2. The van der Waals surface area contributed by atoms with E-state index in [4.69, 9.17) is 33.2 Å². The average Bonchev–Trinajstić information content (AvgIpc) is 3.51. The van der Waals surface area contributed by atoms with Gasteiger partial charge in [0.25, 0.3) is 0 Å². The minimum Gasteiger partial charge on any atom is -0.493 e. The van der Waals surface area contributed by atoms with E-state index in [0.29, 0.717) is 28.7 Å². The Morgan fingerprint density at radius 3 is 2.41 bits per heavy atom. The van der Waals surface area contributed by atoms with Crippen molar-refractivity contribution < 1.29 is 42.7 Å². The third kappa shape index (κ3) is 2.70. The molecule has 166 valence electrons. The van der Waals surface area contributed by atoms with Gasteiger partial charge in [-0.2, -0.15) is 0 Å². The molecular formula is C23H20O9. The van der Waals surface area contributed by atoms with Crippen molar-refractivity contribution in [3.8, 4) is 28.7 Å². The predicted molar refractivity (Wildman–Crippen MR) is 106 cm³/mol. The van der Waals surface area contributed by atoms with E-state index < -0.39 is 23.9 Å². The number of carbonyl (C=O) groups excluding carboxylic acids is 2. The van der Waals surface area contributed by atoms with Crippen LogP contribution in [0.2, 0.25) is 0 Å². The van der Waals surface area contributed by atoms with Crippen LogP contribution in [-0.2, 0) is 19.1 Å². The van der Waals surface area contributed by atoms with Crippen LogP contribution in [0.25, 0.3) is 0 Å². The number of rotatable bonds is 3. The third-order valence-electron chi connectivity index (χ3n) is 6.45. The lowest BCUT2D eigenvalue weighted by Crippen LogP contribution is -2.36. The molecule has 0 saturated carbocycles. The van der Waals surface area contributed by atoms with Crippen molar-refractivity contribution in [3.63, 3.8) is 0 Å². The zero-order valence-electron chi connectivity index (χ0n) is 17.4. The molecule has 0 amide bonds. The summed E-state index contributed by atoms with van der Waals surface area (Å²) in [7, 11) is 1.55. The maximum Gasteiger partial charge on any atom is 0.310 e. The summed E-state index contributed by atoms with van der Waals surface area (Å²) < 4.78 is 39.0. The van der Waals surface area contributed by atoms with Crippen molar-refractivity contribution in [3.05, 3.63) is 41.0 Å². The Hall–Kier alpha value is -3.62. The van der Waals surface area contributed by atoms with Crippen LogP contribution in [0.4, 0.5) is 0 Å². The molecule has 32 heavy (non-hydrogen) atoms. The van der Waals surface area contributed by atoms with Crippen molar-refractivity contribution in [2.45, 2.75) is 18.9 Å². The number of benzene rings is 2. The quantitative estimate of drug-likeness (QED) is 0.667. The maximum atomic E-state index is 12.9. The number of hydrogen-bond acceptors (Lipinski definition) is 9. The second-order valence-corrected chi connectivity index (χ2v) is 8.12. The van der Waals surface area contributed by atoms with Crippen LogP contribution in [0, 0.1) is 11.8 Å². The predicted octanol–water partition coefficient (Wildman–Crippen LogP) is 2.69. The van der Waals surface area contributed by atoms with E-state index in [-0.39, 0.29) is 32.1 Å². The van der Waals surface area contributed by atoms with Gasteiger partial charge in [0, 0.05) is 24.3 Å². The second kappa shape index (κ2) is 6.94. The molecule has 0 bridgehead atoms. The summed E-state index contributed by atoms with van der Waals surface area (Å²) >= 11 is 0. The topological polar surface area (TPSA) is 98.8 Å². The zero-order valence-corrected chi connectivity index (χ0v) is 17.4. The van der Waals surface area contributed by atoms with E-state index in [1.807, 2.05) is 24.3 Å². The van der Waals surface area contributed by atoms with Gasteiger partial charge in [-0.1, -0.05) is 0 Å². The SMILES string of the molecule is COc1cc([C@@H]2c3cc4c(cc3[C@H](OC(C)=O)[C@@H]3COC(=O)[C@H]23)OCO4)cc2c1OCO2. The number of fused-ring (bicyclic) bond motifs is 4. The van der Waals surface area contributed by atoms with Crippen LogP contribution in [0.1, 0.15) is 35.6 Å². The lowest BCUT2D eigenvalue weighted by molar-refractivity contribution is -0.152. The van der Waals surface area contributed by atoms with E-state index in [1.54, 1.807) is 7.11 Å². The van der Waals surface area contributed by atoms with Crippen LogP contribution >= 0.6 is 0 Å². The normalized spacial score (nSPS) is 26.2. The number of cyclic esters (lactones) is 1. The monoisotopic (exact) mass is 440 g/mol. The summed E-state index contributed by atoms with van der Waals surface area (Å²) in [5.74, 6) is 0.680. The van der Waals surface area contributed by atoms with Crippen molar-refractivity contribution in [2.75, 3.05) is 27.3 Å². The minimum absolute atomic E-state index is 0.0949. The van der Waals surface area contributed by atoms with Gasteiger partial charge in [-0.15, -0.1) is 0 Å². The minimum atomic E-state index is -0.638. The van der Waals surface area contributed by atoms with Crippen molar-refractivity contribution >= 4 is 11.9 Å². The molecule has 2 aromatic rings. The largest absolute Gasteiger partial charge is 0.493 e. The highest BCUT2D eigenvalue weighted by molar-refractivity contribution is 5.79.